The number of fused-ring (bicyclic) bond motifs is 1. The van der Waals surface area contributed by atoms with E-state index in [0.29, 0.717) is 12.1 Å². The van der Waals surface area contributed by atoms with Gasteiger partial charge in [-0.25, -0.2) is 4.79 Å². The molecular formula is C15H20N4O3. The molecule has 1 aromatic heterocycles. The number of imidazole rings is 1. The molecule has 0 radical (unpaired) electrons. The molecule has 0 spiro atoms. The van der Waals surface area contributed by atoms with Gasteiger partial charge in [0.2, 0.25) is 11.8 Å². The lowest BCUT2D eigenvalue weighted by Gasteiger charge is -2.06. The average molecular weight is 304 g/mol. The molecule has 0 unspecified atom stereocenters. The van der Waals surface area contributed by atoms with Crippen molar-refractivity contribution in [2.75, 3.05) is 13.1 Å². The summed E-state index contributed by atoms with van der Waals surface area (Å²) in [6.45, 7) is 2.34. The molecule has 7 heteroatoms. The van der Waals surface area contributed by atoms with Crippen LogP contribution < -0.4 is 16.3 Å². The number of benzene rings is 1. The van der Waals surface area contributed by atoms with E-state index < -0.39 is 0 Å². The number of rotatable bonds is 6. The lowest BCUT2D eigenvalue weighted by atomic mass is 10.3. The van der Waals surface area contributed by atoms with Crippen molar-refractivity contribution in [2.24, 2.45) is 7.05 Å². The van der Waals surface area contributed by atoms with Crippen molar-refractivity contribution in [3.8, 4) is 0 Å². The zero-order chi connectivity index (χ0) is 16.1. The number of hydrogen-bond acceptors (Lipinski definition) is 3. The van der Waals surface area contributed by atoms with Crippen LogP contribution in [0.4, 0.5) is 0 Å². The number of aryl methyl sites for hydroxylation is 1. The molecule has 2 rings (SSSR count). The first-order valence-electron chi connectivity index (χ1n) is 7.22. The first-order valence-corrected chi connectivity index (χ1v) is 7.22. The number of nitrogens with zero attached hydrogens (tertiary/aromatic N) is 2. The van der Waals surface area contributed by atoms with Gasteiger partial charge in [-0.2, -0.15) is 0 Å². The lowest BCUT2D eigenvalue weighted by molar-refractivity contribution is -0.126. The smallest absolute Gasteiger partial charge is 0.329 e. The second kappa shape index (κ2) is 6.93. The van der Waals surface area contributed by atoms with Gasteiger partial charge in [0.1, 0.15) is 6.54 Å². The predicted molar refractivity (Wildman–Crippen MR) is 83.5 cm³/mol. The lowest BCUT2D eigenvalue weighted by Crippen LogP contribution is -2.39. The van der Waals surface area contributed by atoms with Gasteiger partial charge in [-0.1, -0.05) is 19.1 Å². The van der Waals surface area contributed by atoms with Crippen LogP contribution in [0.1, 0.15) is 13.3 Å². The molecule has 0 bridgehead atoms. The Bertz CT molecular complexity index is 745. The van der Waals surface area contributed by atoms with Crippen LogP contribution in [0.15, 0.2) is 29.1 Å². The van der Waals surface area contributed by atoms with Crippen molar-refractivity contribution in [3.63, 3.8) is 0 Å². The summed E-state index contributed by atoms with van der Waals surface area (Å²) in [6, 6.07) is 7.26. The maximum atomic E-state index is 12.2. The zero-order valence-electron chi connectivity index (χ0n) is 12.8. The van der Waals surface area contributed by atoms with Crippen LogP contribution in [0.5, 0.6) is 0 Å². The van der Waals surface area contributed by atoms with Gasteiger partial charge in [0.25, 0.3) is 0 Å². The van der Waals surface area contributed by atoms with Crippen LogP contribution in [-0.4, -0.2) is 34.0 Å². The van der Waals surface area contributed by atoms with Gasteiger partial charge in [-0.15, -0.1) is 0 Å². The Morgan fingerprint density at radius 3 is 2.45 bits per heavy atom. The van der Waals surface area contributed by atoms with Gasteiger partial charge in [0.05, 0.1) is 17.6 Å². The number of carbonyl (C=O) groups excluding carboxylic acids is 2. The monoisotopic (exact) mass is 304 g/mol. The van der Waals surface area contributed by atoms with Crippen LogP contribution in [0.2, 0.25) is 0 Å². The van der Waals surface area contributed by atoms with Gasteiger partial charge in [-0.3, -0.25) is 18.7 Å². The summed E-state index contributed by atoms with van der Waals surface area (Å²) in [5.41, 5.74) is 1.20. The zero-order valence-corrected chi connectivity index (χ0v) is 12.8. The Kier molecular flexibility index (Phi) is 4.98. The van der Waals surface area contributed by atoms with Gasteiger partial charge < -0.3 is 10.6 Å². The third-order valence-electron chi connectivity index (χ3n) is 3.37. The first-order chi connectivity index (χ1) is 10.5. The number of nitrogens with one attached hydrogen (secondary N) is 2. The highest BCUT2D eigenvalue weighted by molar-refractivity contribution is 5.85. The van der Waals surface area contributed by atoms with Crippen LogP contribution in [-0.2, 0) is 23.2 Å². The third-order valence-corrected chi connectivity index (χ3v) is 3.37. The minimum Gasteiger partial charge on any atom is -0.355 e. The molecule has 0 fully saturated rings. The predicted octanol–water partition coefficient (Wildman–Crippen LogP) is -0.0176. The molecule has 0 saturated heterocycles. The number of amides is 2. The molecule has 0 aliphatic carbocycles. The normalized spacial score (nSPS) is 10.6. The van der Waals surface area contributed by atoms with Crippen molar-refractivity contribution >= 4 is 22.8 Å². The van der Waals surface area contributed by atoms with E-state index in [1.807, 2.05) is 25.1 Å². The Morgan fingerprint density at radius 2 is 1.77 bits per heavy atom. The third kappa shape index (κ3) is 3.36. The van der Waals surface area contributed by atoms with E-state index in [4.69, 9.17) is 0 Å². The van der Waals surface area contributed by atoms with E-state index in [2.05, 4.69) is 10.6 Å². The summed E-state index contributed by atoms with van der Waals surface area (Å²) >= 11 is 0. The quantitative estimate of drug-likeness (QED) is 0.786. The molecule has 2 amide bonds. The average Bonchev–Trinajstić information content (AvgIpc) is 2.76. The van der Waals surface area contributed by atoms with Crippen LogP contribution >= 0.6 is 0 Å². The highest BCUT2D eigenvalue weighted by Crippen LogP contribution is 2.10. The topological polar surface area (TPSA) is 85.1 Å². The molecule has 0 saturated carbocycles. The highest BCUT2D eigenvalue weighted by Gasteiger charge is 2.13. The summed E-state index contributed by atoms with van der Waals surface area (Å²) in [5, 5.41) is 5.19. The van der Waals surface area contributed by atoms with E-state index >= 15 is 0 Å². The number of para-hydroxylation sites is 2. The molecular weight excluding hydrogens is 284 g/mol. The molecule has 0 atom stereocenters. The molecule has 7 nitrogen and oxygen atoms in total. The van der Waals surface area contributed by atoms with Gasteiger partial charge in [0, 0.05) is 13.6 Å². The largest absolute Gasteiger partial charge is 0.355 e. The van der Waals surface area contributed by atoms with E-state index in [9.17, 15) is 14.4 Å². The maximum absolute atomic E-state index is 12.2. The Balaban J connectivity index is 2.05. The number of aromatic nitrogens is 2. The first kappa shape index (κ1) is 15.8. The Hall–Kier alpha value is -2.57. The van der Waals surface area contributed by atoms with Crippen molar-refractivity contribution in [3.05, 3.63) is 34.7 Å². The maximum Gasteiger partial charge on any atom is 0.329 e. The molecule has 2 N–H and O–H groups in total. The van der Waals surface area contributed by atoms with Crippen LogP contribution in [0, 0.1) is 0 Å². The van der Waals surface area contributed by atoms with Crippen molar-refractivity contribution < 1.29 is 9.59 Å². The molecule has 1 aromatic carbocycles. The van der Waals surface area contributed by atoms with Crippen molar-refractivity contribution in [1.82, 2.24) is 19.8 Å². The van der Waals surface area contributed by atoms with E-state index in [1.54, 1.807) is 13.1 Å². The second-order valence-corrected chi connectivity index (χ2v) is 5.04. The van der Waals surface area contributed by atoms with Crippen LogP contribution in [0.25, 0.3) is 11.0 Å². The van der Waals surface area contributed by atoms with Crippen molar-refractivity contribution in [1.29, 1.82) is 0 Å². The summed E-state index contributed by atoms with van der Waals surface area (Å²) in [4.78, 5) is 35.5. The van der Waals surface area contributed by atoms with Crippen molar-refractivity contribution in [2.45, 2.75) is 19.9 Å². The molecule has 0 aliphatic heterocycles. The fourth-order valence-corrected chi connectivity index (χ4v) is 2.22. The minimum atomic E-state index is -0.370. The second-order valence-electron chi connectivity index (χ2n) is 5.04. The molecule has 22 heavy (non-hydrogen) atoms. The fourth-order valence-electron chi connectivity index (χ4n) is 2.22. The Morgan fingerprint density at radius 1 is 1.09 bits per heavy atom. The minimum absolute atomic E-state index is 0.0850. The SMILES string of the molecule is CCCNC(=O)CNC(=O)Cn1c(=O)n(C)c2ccccc21. The summed E-state index contributed by atoms with van der Waals surface area (Å²) < 4.78 is 2.89. The summed E-state index contributed by atoms with van der Waals surface area (Å²) in [5.74, 6) is -0.606. The molecule has 2 aromatic rings. The van der Waals surface area contributed by atoms with Gasteiger partial charge in [-0.05, 0) is 18.6 Å². The van der Waals surface area contributed by atoms with Gasteiger partial charge in [0.15, 0.2) is 0 Å². The van der Waals surface area contributed by atoms with Gasteiger partial charge >= 0.3 is 5.69 Å². The molecule has 118 valence electrons. The number of carbonyl (C=O) groups is 2. The summed E-state index contributed by atoms with van der Waals surface area (Å²) in [6.07, 6.45) is 0.838. The van der Waals surface area contributed by atoms with Crippen LogP contribution in [0.3, 0.4) is 0 Å². The Labute approximate surface area is 127 Å². The van der Waals surface area contributed by atoms with E-state index in [0.717, 1.165) is 11.9 Å². The highest BCUT2D eigenvalue weighted by atomic mass is 16.2. The molecule has 1 heterocycles. The molecule has 0 aliphatic rings. The van der Waals surface area contributed by atoms with E-state index in [1.165, 1.54) is 9.13 Å². The number of hydrogen-bond donors (Lipinski definition) is 2. The van der Waals surface area contributed by atoms with E-state index in [-0.39, 0.29) is 30.6 Å². The fraction of sp³-hybridized carbons (Fsp3) is 0.400. The standard InChI is InChI=1S/C15H20N4O3/c1-3-8-16-13(20)9-17-14(21)10-19-12-7-5-4-6-11(12)18(2)15(19)22/h4-7H,3,8-10H2,1-2H3,(H,16,20)(H,17,21). The summed E-state index contributed by atoms with van der Waals surface area (Å²) in [7, 11) is 1.66.